The lowest BCUT2D eigenvalue weighted by atomic mass is 10.2. The number of furan rings is 1. The van der Waals surface area contributed by atoms with Gasteiger partial charge >= 0.3 is 0 Å². The summed E-state index contributed by atoms with van der Waals surface area (Å²) in [6.07, 6.45) is 1.57. The number of thiazole rings is 1. The van der Waals surface area contributed by atoms with Gasteiger partial charge in [0.05, 0.1) is 19.9 Å². The second-order valence-electron chi connectivity index (χ2n) is 6.58. The fourth-order valence-electron chi connectivity index (χ4n) is 2.89. The van der Waals surface area contributed by atoms with Crippen molar-refractivity contribution in [2.45, 2.75) is 13.2 Å². The van der Waals surface area contributed by atoms with Gasteiger partial charge in [-0.25, -0.2) is 4.98 Å². The van der Waals surface area contributed by atoms with Gasteiger partial charge in [0.1, 0.15) is 23.1 Å². The van der Waals surface area contributed by atoms with Crippen LogP contribution in [0.1, 0.15) is 21.8 Å². The molecule has 0 atom stereocenters. The van der Waals surface area contributed by atoms with Gasteiger partial charge in [0.25, 0.3) is 5.91 Å². The number of aromatic nitrogens is 1. The molecule has 6 nitrogen and oxygen atoms in total. The summed E-state index contributed by atoms with van der Waals surface area (Å²) in [7, 11) is 1.58. The molecule has 0 fully saturated rings. The number of halogens is 1. The minimum atomic E-state index is -0.257. The van der Waals surface area contributed by atoms with Crippen LogP contribution < -0.4 is 14.8 Å². The Morgan fingerprint density at radius 2 is 2.06 bits per heavy atom. The molecule has 2 aromatic carbocycles. The number of ether oxygens (including phenoxy) is 2. The number of carbonyl (C=O) groups is 1. The second-order valence-corrected chi connectivity index (χ2v) is 7.88. The summed E-state index contributed by atoms with van der Waals surface area (Å²) in [4.78, 5) is 16.8. The van der Waals surface area contributed by atoms with E-state index in [9.17, 15) is 4.79 Å². The van der Waals surface area contributed by atoms with Gasteiger partial charge in [-0.15, -0.1) is 11.3 Å². The van der Waals surface area contributed by atoms with Crippen molar-refractivity contribution in [2.75, 3.05) is 7.11 Å². The Morgan fingerprint density at radius 1 is 1.16 bits per heavy atom. The number of carbonyl (C=O) groups excluding carboxylic acids is 1. The van der Waals surface area contributed by atoms with E-state index in [-0.39, 0.29) is 5.91 Å². The highest BCUT2D eigenvalue weighted by molar-refractivity contribution is 7.13. The van der Waals surface area contributed by atoms with Gasteiger partial charge in [-0.1, -0.05) is 23.7 Å². The molecule has 0 bridgehead atoms. The molecule has 2 aromatic heterocycles. The van der Waals surface area contributed by atoms with Gasteiger partial charge in [-0.05, 0) is 48.0 Å². The van der Waals surface area contributed by atoms with E-state index in [4.69, 9.17) is 25.5 Å². The average Bonchev–Trinajstić information content (AvgIpc) is 3.48. The molecule has 0 radical (unpaired) electrons. The number of nitrogens with zero attached hydrogens (tertiary/aromatic N) is 1. The number of nitrogens with one attached hydrogen (secondary N) is 1. The molecule has 1 amide bonds. The van der Waals surface area contributed by atoms with E-state index in [0.717, 1.165) is 11.1 Å². The lowest BCUT2D eigenvalue weighted by Crippen LogP contribution is -2.22. The molecule has 0 saturated heterocycles. The predicted octanol–water partition coefficient (Wildman–Crippen LogP) is 5.57. The first kappa shape index (κ1) is 21.0. The third-order valence-corrected chi connectivity index (χ3v) is 5.56. The van der Waals surface area contributed by atoms with Crippen LogP contribution in [-0.4, -0.2) is 18.0 Å². The summed E-state index contributed by atoms with van der Waals surface area (Å²) in [5, 5.41) is 5.89. The normalized spacial score (nSPS) is 10.6. The zero-order valence-corrected chi connectivity index (χ0v) is 18.2. The van der Waals surface area contributed by atoms with Gasteiger partial charge < -0.3 is 19.2 Å². The van der Waals surface area contributed by atoms with Crippen molar-refractivity contribution in [1.82, 2.24) is 10.3 Å². The zero-order chi connectivity index (χ0) is 21.6. The first-order valence-electron chi connectivity index (χ1n) is 9.44. The molecule has 0 aliphatic heterocycles. The maximum Gasteiger partial charge on any atom is 0.271 e. The Kier molecular flexibility index (Phi) is 6.54. The van der Waals surface area contributed by atoms with Gasteiger partial charge in [-0.2, -0.15) is 0 Å². The van der Waals surface area contributed by atoms with E-state index in [0.29, 0.717) is 46.1 Å². The summed E-state index contributed by atoms with van der Waals surface area (Å²) in [6, 6.07) is 16.6. The highest BCUT2D eigenvalue weighted by atomic mass is 35.5. The molecule has 0 spiro atoms. The third-order valence-electron chi connectivity index (χ3n) is 4.43. The summed E-state index contributed by atoms with van der Waals surface area (Å²) in [6.45, 7) is 0.679. The summed E-state index contributed by atoms with van der Waals surface area (Å²) in [5.41, 5.74) is 2.15. The first-order chi connectivity index (χ1) is 15.1. The maximum absolute atomic E-state index is 12.3. The fourth-order valence-corrected chi connectivity index (χ4v) is 3.90. The van der Waals surface area contributed by atoms with Crippen LogP contribution in [-0.2, 0) is 13.2 Å². The van der Waals surface area contributed by atoms with Crippen LogP contribution in [0.5, 0.6) is 11.5 Å². The van der Waals surface area contributed by atoms with Crippen LogP contribution in [0.15, 0.2) is 70.7 Å². The molecular formula is C23H19ClN2O4S. The van der Waals surface area contributed by atoms with E-state index < -0.39 is 0 Å². The van der Waals surface area contributed by atoms with E-state index in [1.54, 1.807) is 30.9 Å². The Labute approximate surface area is 188 Å². The number of methoxy groups -OCH3 is 1. The molecule has 4 rings (SSSR count). The van der Waals surface area contributed by atoms with Crippen LogP contribution in [0.2, 0.25) is 5.02 Å². The highest BCUT2D eigenvalue weighted by Gasteiger charge is 2.14. The van der Waals surface area contributed by atoms with Crippen LogP contribution >= 0.6 is 22.9 Å². The zero-order valence-electron chi connectivity index (χ0n) is 16.6. The van der Waals surface area contributed by atoms with Crippen molar-refractivity contribution in [2.24, 2.45) is 0 Å². The van der Waals surface area contributed by atoms with Gasteiger partial charge in [-0.3, -0.25) is 4.79 Å². The summed E-state index contributed by atoms with van der Waals surface area (Å²) in [5.74, 6) is 1.62. The fraction of sp³-hybridized carbons (Fsp3) is 0.130. The largest absolute Gasteiger partial charge is 0.493 e. The summed E-state index contributed by atoms with van der Waals surface area (Å²) >= 11 is 7.41. The van der Waals surface area contributed by atoms with E-state index >= 15 is 0 Å². The average molecular weight is 455 g/mol. The predicted molar refractivity (Wildman–Crippen MR) is 120 cm³/mol. The number of hydrogen-bond acceptors (Lipinski definition) is 6. The first-order valence-corrected chi connectivity index (χ1v) is 10.7. The minimum Gasteiger partial charge on any atom is -0.493 e. The third kappa shape index (κ3) is 5.25. The van der Waals surface area contributed by atoms with E-state index in [1.165, 1.54) is 11.3 Å². The van der Waals surface area contributed by atoms with Crippen LogP contribution in [0.25, 0.3) is 10.6 Å². The maximum atomic E-state index is 12.3. The van der Waals surface area contributed by atoms with Crippen LogP contribution in [0, 0.1) is 0 Å². The van der Waals surface area contributed by atoms with Crippen molar-refractivity contribution < 1.29 is 18.7 Å². The molecule has 0 aliphatic carbocycles. The van der Waals surface area contributed by atoms with Crippen molar-refractivity contribution >= 4 is 28.8 Å². The second kappa shape index (κ2) is 9.68. The smallest absolute Gasteiger partial charge is 0.271 e. The Morgan fingerprint density at radius 3 is 2.84 bits per heavy atom. The Hall–Kier alpha value is -3.29. The molecule has 4 aromatic rings. The van der Waals surface area contributed by atoms with Crippen LogP contribution in [0.4, 0.5) is 0 Å². The van der Waals surface area contributed by atoms with Crippen molar-refractivity contribution in [1.29, 1.82) is 0 Å². The van der Waals surface area contributed by atoms with Crippen molar-refractivity contribution in [3.05, 3.63) is 88.3 Å². The van der Waals surface area contributed by atoms with Gasteiger partial charge in [0.15, 0.2) is 11.5 Å². The molecule has 31 heavy (non-hydrogen) atoms. The minimum absolute atomic E-state index is 0.257. The SMILES string of the molecule is COc1cc(-c2nc(C(=O)NCc3ccco3)cs2)ccc1OCc1cccc(Cl)c1. The van der Waals surface area contributed by atoms with Crippen molar-refractivity contribution in [3.63, 3.8) is 0 Å². The lowest BCUT2D eigenvalue weighted by molar-refractivity contribution is 0.0944. The Balaban J connectivity index is 1.44. The van der Waals surface area contributed by atoms with E-state index in [1.807, 2.05) is 42.5 Å². The van der Waals surface area contributed by atoms with Gasteiger partial charge in [0.2, 0.25) is 0 Å². The number of amides is 1. The number of benzene rings is 2. The molecule has 2 heterocycles. The highest BCUT2D eigenvalue weighted by Crippen LogP contribution is 2.34. The molecule has 0 aliphatic rings. The number of rotatable bonds is 8. The van der Waals surface area contributed by atoms with Gasteiger partial charge in [0, 0.05) is 16.0 Å². The summed E-state index contributed by atoms with van der Waals surface area (Å²) < 4.78 is 16.6. The molecule has 158 valence electrons. The molecular weight excluding hydrogens is 436 g/mol. The molecule has 0 unspecified atom stereocenters. The monoisotopic (exact) mass is 454 g/mol. The molecule has 0 saturated carbocycles. The topological polar surface area (TPSA) is 73.6 Å². The van der Waals surface area contributed by atoms with Crippen LogP contribution in [0.3, 0.4) is 0 Å². The molecule has 1 N–H and O–H groups in total. The number of hydrogen-bond donors (Lipinski definition) is 1. The lowest BCUT2D eigenvalue weighted by Gasteiger charge is -2.12. The standard InChI is InChI=1S/C23H19ClN2O4S/c1-28-21-11-16(7-8-20(21)30-13-15-4-2-5-17(24)10-15)23-26-19(14-31-23)22(27)25-12-18-6-3-9-29-18/h2-11,14H,12-13H2,1H3,(H,25,27). The van der Waals surface area contributed by atoms with Crippen molar-refractivity contribution in [3.8, 4) is 22.1 Å². The van der Waals surface area contributed by atoms with E-state index in [2.05, 4.69) is 10.3 Å². The molecule has 8 heteroatoms. The quantitative estimate of drug-likeness (QED) is 0.376. The Bertz CT molecular complexity index is 1170.